The van der Waals surface area contributed by atoms with Crippen LogP contribution in [-0.4, -0.2) is 55.2 Å². The molecule has 7 nitrogen and oxygen atoms in total. The lowest BCUT2D eigenvalue weighted by atomic mass is 9.93. The van der Waals surface area contributed by atoms with Gasteiger partial charge in [0.2, 0.25) is 5.91 Å². The minimum absolute atomic E-state index is 0.0497. The van der Waals surface area contributed by atoms with Gasteiger partial charge in [-0.05, 0) is 63.2 Å². The summed E-state index contributed by atoms with van der Waals surface area (Å²) in [6.07, 6.45) is 4.23. The minimum Gasteiger partial charge on any atom is -0.486 e. The first-order chi connectivity index (χ1) is 14.1. The van der Waals surface area contributed by atoms with Crippen LogP contribution in [0, 0.1) is 5.92 Å². The van der Waals surface area contributed by atoms with Crippen LogP contribution in [0.5, 0.6) is 11.5 Å². The van der Waals surface area contributed by atoms with E-state index < -0.39 is 0 Å². The fraction of sp³-hybridized carbons (Fsp3) is 0.455. The molecule has 2 aliphatic rings. The Morgan fingerprint density at radius 3 is 2.83 bits per heavy atom. The molecule has 0 bridgehead atoms. The molecular formula is C22H28N4O3. The molecule has 3 N–H and O–H groups in total. The van der Waals surface area contributed by atoms with Crippen LogP contribution in [0.2, 0.25) is 0 Å². The Hall–Kier alpha value is -2.64. The number of pyridine rings is 1. The van der Waals surface area contributed by atoms with Crippen molar-refractivity contribution in [2.45, 2.75) is 25.4 Å². The van der Waals surface area contributed by atoms with E-state index in [2.05, 4.69) is 22.2 Å². The number of fused-ring (bicyclic) bond motifs is 1. The number of para-hydroxylation sites is 1. The zero-order valence-corrected chi connectivity index (χ0v) is 16.8. The van der Waals surface area contributed by atoms with Gasteiger partial charge in [0, 0.05) is 18.5 Å². The summed E-state index contributed by atoms with van der Waals surface area (Å²) >= 11 is 0. The van der Waals surface area contributed by atoms with Gasteiger partial charge in [0.05, 0.1) is 17.6 Å². The van der Waals surface area contributed by atoms with Crippen molar-refractivity contribution >= 4 is 11.6 Å². The first-order valence-electron chi connectivity index (χ1n) is 10.2. The fourth-order valence-electron chi connectivity index (χ4n) is 3.82. The Bertz CT molecular complexity index is 848. The van der Waals surface area contributed by atoms with E-state index in [0.29, 0.717) is 42.7 Å². The molecule has 1 aromatic carbocycles. The highest BCUT2D eigenvalue weighted by atomic mass is 16.6. The van der Waals surface area contributed by atoms with Crippen LogP contribution in [0.1, 0.15) is 19.3 Å². The van der Waals surface area contributed by atoms with Crippen molar-refractivity contribution in [3.63, 3.8) is 0 Å². The standard InChI is InChI=1S/C22H28N4O3/c1-26-9-7-15(8-10-26)11-21(27)25-16-5-6-19(24-13-16)18-3-2-4-20-22(18)29-17(12-23)14-28-20/h2-6,13,15,17H,7-12,14,23H2,1H3,(H,25,27)/t17-/m1/s1. The number of nitrogens with zero attached hydrogens (tertiary/aromatic N) is 2. The van der Waals surface area contributed by atoms with Crippen LogP contribution < -0.4 is 20.5 Å². The van der Waals surface area contributed by atoms with Gasteiger partial charge in [-0.15, -0.1) is 0 Å². The summed E-state index contributed by atoms with van der Waals surface area (Å²) in [7, 11) is 2.13. The number of anilines is 1. The van der Waals surface area contributed by atoms with E-state index in [1.54, 1.807) is 6.20 Å². The molecule has 1 saturated heterocycles. The lowest BCUT2D eigenvalue weighted by Gasteiger charge is -2.28. The fourth-order valence-corrected chi connectivity index (χ4v) is 3.82. The molecule has 0 aliphatic carbocycles. The average Bonchev–Trinajstić information content (AvgIpc) is 2.75. The first-order valence-corrected chi connectivity index (χ1v) is 10.2. The Morgan fingerprint density at radius 2 is 2.10 bits per heavy atom. The third-order valence-corrected chi connectivity index (χ3v) is 5.59. The van der Waals surface area contributed by atoms with Crippen molar-refractivity contribution in [2.75, 3.05) is 38.6 Å². The number of nitrogens with two attached hydrogens (primary N) is 1. The molecule has 29 heavy (non-hydrogen) atoms. The summed E-state index contributed by atoms with van der Waals surface area (Å²) in [5.74, 6) is 1.88. The molecule has 1 atom stereocenters. The van der Waals surface area contributed by atoms with Gasteiger partial charge in [-0.2, -0.15) is 0 Å². The van der Waals surface area contributed by atoms with Crippen LogP contribution in [0.3, 0.4) is 0 Å². The van der Waals surface area contributed by atoms with E-state index in [-0.39, 0.29) is 12.0 Å². The molecular weight excluding hydrogens is 368 g/mol. The number of ether oxygens (including phenoxy) is 2. The highest BCUT2D eigenvalue weighted by Gasteiger charge is 2.24. The van der Waals surface area contributed by atoms with Gasteiger partial charge in [0.1, 0.15) is 12.7 Å². The topological polar surface area (TPSA) is 89.7 Å². The molecule has 0 radical (unpaired) electrons. The van der Waals surface area contributed by atoms with Crippen molar-refractivity contribution in [3.8, 4) is 22.8 Å². The molecule has 4 rings (SSSR count). The van der Waals surface area contributed by atoms with Crippen molar-refractivity contribution in [2.24, 2.45) is 11.7 Å². The summed E-state index contributed by atoms with van der Waals surface area (Å²) in [5.41, 5.74) is 8.04. The summed E-state index contributed by atoms with van der Waals surface area (Å²) in [6.45, 7) is 2.96. The van der Waals surface area contributed by atoms with E-state index in [0.717, 1.165) is 37.2 Å². The van der Waals surface area contributed by atoms with E-state index in [1.807, 2.05) is 30.3 Å². The number of likely N-dealkylation sites (tertiary alicyclic amines) is 1. The van der Waals surface area contributed by atoms with Crippen LogP contribution in [0.25, 0.3) is 11.3 Å². The van der Waals surface area contributed by atoms with Gasteiger partial charge in [-0.25, -0.2) is 0 Å². The highest BCUT2D eigenvalue weighted by molar-refractivity contribution is 5.90. The van der Waals surface area contributed by atoms with Gasteiger partial charge < -0.3 is 25.4 Å². The molecule has 0 saturated carbocycles. The van der Waals surface area contributed by atoms with E-state index in [9.17, 15) is 4.79 Å². The average molecular weight is 396 g/mol. The van der Waals surface area contributed by atoms with Crippen LogP contribution in [0.15, 0.2) is 36.5 Å². The summed E-state index contributed by atoms with van der Waals surface area (Å²) < 4.78 is 11.7. The second kappa shape index (κ2) is 8.80. The van der Waals surface area contributed by atoms with Gasteiger partial charge >= 0.3 is 0 Å². The zero-order valence-electron chi connectivity index (χ0n) is 16.8. The van der Waals surface area contributed by atoms with Crippen molar-refractivity contribution in [3.05, 3.63) is 36.5 Å². The van der Waals surface area contributed by atoms with Crippen molar-refractivity contribution in [1.29, 1.82) is 0 Å². The number of hydrogen-bond donors (Lipinski definition) is 2. The molecule has 2 aromatic rings. The Morgan fingerprint density at radius 1 is 1.28 bits per heavy atom. The molecule has 1 fully saturated rings. The summed E-state index contributed by atoms with van der Waals surface area (Å²) in [5, 5.41) is 2.97. The Balaban J connectivity index is 1.42. The third-order valence-electron chi connectivity index (χ3n) is 5.59. The SMILES string of the molecule is CN1CCC(CC(=O)Nc2ccc(-c3cccc4c3O[C@H](CN)CO4)nc2)CC1. The quantitative estimate of drug-likeness (QED) is 0.807. The predicted molar refractivity (Wildman–Crippen MR) is 112 cm³/mol. The van der Waals surface area contributed by atoms with Gasteiger partial charge in [-0.3, -0.25) is 9.78 Å². The van der Waals surface area contributed by atoms with E-state index in [4.69, 9.17) is 15.2 Å². The minimum atomic E-state index is -0.165. The molecule has 7 heteroatoms. The third kappa shape index (κ3) is 4.68. The van der Waals surface area contributed by atoms with Gasteiger partial charge in [0.25, 0.3) is 0 Å². The number of carbonyl (C=O) groups excluding carboxylic acids is 1. The summed E-state index contributed by atoms with van der Waals surface area (Å²) in [4.78, 5) is 19.2. The number of nitrogens with one attached hydrogen (secondary N) is 1. The van der Waals surface area contributed by atoms with Crippen LogP contribution >= 0.6 is 0 Å². The summed E-state index contributed by atoms with van der Waals surface area (Å²) in [6, 6.07) is 9.50. The Kier molecular flexibility index (Phi) is 5.97. The number of carbonyl (C=O) groups is 1. The predicted octanol–water partition coefficient (Wildman–Crippen LogP) is 2.52. The largest absolute Gasteiger partial charge is 0.486 e. The molecule has 154 valence electrons. The van der Waals surface area contributed by atoms with Crippen molar-refractivity contribution < 1.29 is 14.3 Å². The number of piperidine rings is 1. The van der Waals surface area contributed by atoms with Crippen LogP contribution in [0.4, 0.5) is 5.69 Å². The maximum Gasteiger partial charge on any atom is 0.224 e. The van der Waals surface area contributed by atoms with Gasteiger partial charge in [0.15, 0.2) is 11.5 Å². The molecule has 3 heterocycles. The lowest BCUT2D eigenvalue weighted by Crippen LogP contribution is -2.35. The lowest BCUT2D eigenvalue weighted by molar-refractivity contribution is -0.117. The van der Waals surface area contributed by atoms with Crippen molar-refractivity contribution in [1.82, 2.24) is 9.88 Å². The van der Waals surface area contributed by atoms with E-state index in [1.165, 1.54) is 0 Å². The monoisotopic (exact) mass is 396 g/mol. The molecule has 2 aliphatic heterocycles. The smallest absolute Gasteiger partial charge is 0.224 e. The number of amides is 1. The normalized spacial score (nSPS) is 19.7. The highest BCUT2D eigenvalue weighted by Crippen LogP contribution is 2.40. The number of hydrogen-bond acceptors (Lipinski definition) is 6. The number of benzene rings is 1. The molecule has 1 amide bonds. The zero-order chi connectivity index (χ0) is 20.2. The number of aromatic nitrogens is 1. The van der Waals surface area contributed by atoms with Gasteiger partial charge in [-0.1, -0.05) is 6.07 Å². The first kappa shape index (κ1) is 19.7. The maximum absolute atomic E-state index is 12.4. The molecule has 0 spiro atoms. The molecule has 0 unspecified atom stereocenters. The van der Waals surface area contributed by atoms with E-state index >= 15 is 0 Å². The van der Waals surface area contributed by atoms with Crippen LogP contribution in [-0.2, 0) is 4.79 Å². The number of rotatable bonds is 5. The Labute approximate surface area is 171 Å². The maximum atomic E-state index is 12.4. The second-order valence-electron chi connectivity index (χ2n) is 7.85. The molecule has 1 aromatic heterocycles. The second-order valence-corrected chi connectivity index (χ2v) is 7.85.